The Hall–Kier alpha value is -1.68. The van der Waals surface area contributed by atoms with Gasteiger partial charge in [-0.15, -0.1) is 0 Å². The average Bonchev–Trinajstić information content (AvgIpc) is 3.18. The van der Waals surface area contributed by atoms with Gasteiger partial charge in [0, 0.05) is 30.8 Å². The van der Waals surface area contributed by atoms with E-state index in [4.69, 9.17) is 0 Å². The van der Waals surface area contributed by atoms with Crippen LogP contribution in [0.1, 0.15) is 31.2 Å². The quantitative estimate of drug-likeness (QED) is 0.798. The Morgan fingerprint density at radius 3 is 2.73 bits per heavy atom. The maximum atomic E-state index is 13.6. The Balaban J connectivity index is 1.62. The minimum atomic E-state index is -0.290. The monoisotopic (exact) mass is 302 g/mol. The van der Waals surface area contributed by atoms with Gasteiger partial charge in [-0.25, -0.2) is 4.39 Å². The van der Waals surface area contributed by atoms with Crippen molar-refractivity contribution in [2.24, 2.45) is 0 Å². The van der Waals surface area contributed by atoms with Gasteiger partial charge in [0.15, 0.2) is 0 Å². The molecule has 2 aliphatic rings. The summed E-state index contributed by atoms with van der Waals surface area (Å²) in [6.07, 6.45) is 7.79. The number of hydrogen-bond donors (Lipinski definition) is 0. The van der Waals surface area contributed by atoms with Gasteiger partial charge in [-0.1, -0.05) is 18.2 Å². The number of amides is 1. The Morgan fingerprint density at radius 2 is 1.95 bits per heavy atom. The number of nitrogens with zero attached hydrogens (tertiary/aromatic N) is 2. The van der Waals surface area contributed by atoms with Gasteiger partial charge in [-0.05, 0) is 50.9 Å². The van der Waals surface area contributed by atoms with Gasteiger partial charge in [0.2, 0.25) is 5.91 Å². The van der Waals surface area contributed by atoms with E-state index in [0.717, 1.165) is 39.0 Å². The van der Waals surface area contributed by atoms with E-state index < -0.39 is 0 Å². The minimum Gasteiger partial charge on any atom is -0.335 e. The molecule has 0 radical (unpaired) electrons. The van der Waals surface area contributed by atoms with Crippen LogP contribution in [0.5, 0.6) is 0 Å². The number of likely N-dealkylation sites (tertiary alicyclic amines) is 2. The van der Waals surface area contributed by atoms with Crippen LogP contribution in [0.15, 0.2) is 30.3 Å². The largest absolute Gasteiger partial charge is 0.335 e. The highest BCUT2D eigenvalue weighted by molar-refractivity contribution is 5.92. The van der Waals surface area contributed by atoms with Crippen LogP contribution in [0.3, 0.4) is 0 Å². The second-order valence-corrected chi connectivity index (χ2v) is 6.19. The number of carbonyl (C=O) groups is 1. The smallest absolute Gasteiger partial charge is 0.246 e. The summed E-state index contributed by atoms with van der Waals surface area (Å²) in [5, 5.41) is 0. The van der Waals surface area contributed by atoms with Gasteiger partial charge in [0.05, 0.1) is 0 Å². The fraction of sp³-hybridized carbons (Fsp3) is 0.500. The lowest BCUT2D eigenvalue weighted by atomic mass is 10.2. The molecule has 3 nitrogen and oxygen atoms in total. The Labute approximate surface area is 131 Å². The third kappa shape index (κ3) is 3.55. The van der Waals surface area contributed by atoms with E-state index in [-0.39, 0.29) is 11.7 Å². The van der Waals surface area contributed by atoms with E-state index in [2.05, 4.69) is 4.90 Å². The summed E-state index contributed by atoms with van der Waals surface area (Å²) in [4.78, 5) is 16.8. The molecule has 3 rings (SSSR count). The molecule has 0 saturated carbocycles. The standard InChI is InChI=1S/C18H23FN2O/c19-17-8-2-1-6-15(17)9-10-18(22)21-13-5-7-16(21)14-20-11-3-4-12-20/h1-2,6,8-10,16H,3-5,7,11-14H2/b10-9+. The first kappa shape index (κ1) is 15.2. The molecular weight excluding hydrogens is 279 g/mol. The zero-order valence-corrected chi connectivity index (χ0v) is 12.9. The van der Waals surface area contributed by atoms with Crippen LogP contribution in [0, 0.1) is 5.82 Å². The first-order valence-electron chi connectivity index (χ1n) is 8.19. The van der Waals surface area contributed by atoms with E-state index in [0.29, 0.717) is 11.6 Å². The van der Waals surface area contributed by atoms with Crippen molar-refractivity contribution in [3.05, 3.63) is 41.7 Å². The molecule has 22 heavy (non-hydrogen) atoms. The van der Waals surface area contributed by atoms with Crippen molar-refractivity contribution in [1.82, 2.24) is 9.80 Å². The van der Waals surface area contributed by atoms with Gasteiger partial charge in [0.1, 0.15) is 5.82 Å². The molecule has 2 fully saturated rings. The second-order valence-electron chi connectivity index (χ2n) is 6.19. The summed E-state index contributed by atoms with van der Waals surface area (Å²) in [5.74, 6) is -0.286. The summed E-state index contributed by atoms with van der Waals surface area (Å²) in [6, 6.07) is 6.84. The fourth-order valence-corrected chi connectivity index (χ4v) is 3.45. The molecule has 1 aromatic carbocycles. The van der Waals surface area contributed by atoms with Gasteiger partial charge >= 0.3 is 0 Å². The van der Waals surface area contributed by atoms with E-state index in [9.17, 15) is 9.18 Å². The lowest BCUT2D eigenvalue weighted by Crippen LogP contribution is -2.41. The topological polar surface area (TPSA) is 23.6 Å². The number of benzene rings is 1. The van der Waals surface area contributed by atoms with Gasteiger partial charge in [-0.3, -0.25) is 4.79 Å². The first-order valence-corrected chi connectivity index (χ1v) is 8.19. The highest BCUT2D eigenvalue weighted by Crippen LogP contribution is 2.21. The van der Waals surface area contributed by atoms with E-state index in [1.807, 2.05) is 4.90 Å². The Bertz CT molecular complexity index is 552. The van der Waals surface area contributed by atoms with Crippen LogP contribution in [-0.4, -0.2) is 47.9 Å². The summed E-state index contributed by atoms with van der Waals surface area (Å²) in [5.41, 5.74) is 0.464. The molecule has 1 atom stereocenters. The van der Waals surface area contributed by atoms with Crippen molar-refractivity contribution in [1.29, 1.82) is 0 Å². The number of carbonyl (C=O) groups excluding carboxylic acids is 1. The van der Waals surface area contributed by atoms with Crippen LogP contribution in [0.2, 0.25) is 0 Å². The van der Waals surface area contributed by atoms with Gasteiger partial charge in [0.25, 0.3) is 0 Å². The SMILES string of the molecule is O=C(/C=C/c1ccccc1F)N1CCCC1CN1CCCC1. The summed E-state index contributed by atoms with van der Waals surface area (Å²) in [7, 11) is 0. The van der Waals surface area contributed by atoms with Crippen molar-refractivity contribution in [2.75, 3.05) is 26.2 Å². The molecule has 0 spiro atoms. The normalized spacial score (nSPS) is 22.8. The average molecular weight is 302 g/mol. The highest BCUT2D eigenvalue weighted by Gasteiger charge is 2.29. The zero-order chi connectivity index (χ0) is 15.4. The number of rotatable bonds is 4. The molecule has 1 amide bonds. The Morgan fingerprint density at radius 1 is 1.18 bits per heavy atom. The predicted octanol–water partition coefficient (Wildman–Crippen LogP) is 2.93. The fourth-order valence-electron chi connectivity index (χ4n) is 3.45. The lowest BCUT2D eigenvalue weighted by Gasteiger charge is -2.27. The maximum Gasteiger partial charge on any atom is 0.246 e. The van der Waals surface area contributed by atoms with Crippen LogP contribution in [-0.2, 0) is 4.79 Å². The molecular formula is C18H23FN2O. The first-order chi connectivity index (χ1) is 10.7. The molecule has 4 heteroatoms. The molecule has 0 bridgehead atoms. The Kier molecular flexibility index (Phi) is 4.88. The molecule has 2 saturated heterocycles. The molecule has 0 N–H and O–H groups in total. The molecule has 2 heterocycles. The van der Waals surface area contributed by atoms with Crippen LogP contribution >= 0.6 is 0 Å². The molecule has 0 aromatic heterocycles. The number of hydrogen-bond acceptors (Lipinski definition) is 2. The minimum absolute atomic E-state index is 0.00458. The van der Waals surface area contributed by atoms with E-state index >= 15 is 0 Å². The predicted molar refractivity (Wildman–Crippen MR) is 85.8 cm³/mol. The third-order valence-corrected chi connectivity index (χ3v) is 4.64. The van der Waals surface area contributed by atoms with Crippen molar-refractivity contribution >= 4 is 12.0 Å². The van der Waals surface area contributed by atoms with Crippen LogP contribution in [0.4, 0.5) is 4.39 Å². The molecule has 2 aliphatic heterocycles. The maximum absolute atomic E-state index is 13.6. The summed E-state index contributed by atoms with van der Waals surface area (Å²) >= 11 is 0. The van der Waals surface area contributed by atoms with Gasteiger partial charge < -0.3 is 9.80 Å². The number of halogens is 1. The zero-order valence-electron chi connectivity index (χ0n) is 12.9. The van der Waals surface area contributed by atoms with Gasteiger partial charge in [-0.2, -0.15) is 0 Å². The summed E-state index contributed by atoms with van der Waals surface area (Å²) < 4.78 is 13.6. The third-order valence-electron chi connectivity index (χ3n) is 4.64. The lowest BCUT2D eigenvalue weighted by molar-refractivity contribution is -0.127. The van der Waals surface area contributed by atoms with E-state index in [1.54, 1.807) is 24.3 Å². The molecule has 1 aromatic rings. The highest BCUT2D eigenvalue weighted by atomic mass is 19.1. The van der Waals surface area contributed by atoms with Crippen molar-refractivity contribution < 1.29 is 9.18 Å². The second kappa shape index (κ2) is 7.05. The van der Waals surface area contributed by atoms with E-state index in [1.165, 1.54) is 25.0 Å². The molecule has 118 valence electrons. The van der Waals surface area contributed by atoms with Crippen molar-refractivity contribution in [3.8, 4) is 0 Å². The van der Waals surface area contributed by atoms with Crippen LogP contribution < -0.4 is 0 Å². The van der Waals surface area contributed by atoms with Crippen molar-refractivity contribution in [3.63, 3.8) is 0 Å². The van der Waals surface area contributed by atoms with Crippen molar-refractivity contribution in [2.45, 2.75) is 31.7 Å². The summed E-state index contributed by atoms with van der Waals surface area (Å²) in [6.45, 7) is 4.12. The van der Waals surface area contributed by atoms with Crippen LogP contribution in [0.25, 0.3) is 6.08 Å². The molecule has 0 aliphatic carbocycles. The molecule has 1 unspecified atom stereocenters.